The number of sulfonamides is 1. The van der Waals surface area contributed by atoms with Crippen molar-refractivity contribution in [3.05, 3.63) is 21.9 Å². The van der Waals surface area contributed by atoms with E-state index in [4.69, 9.17) is 0 Å². The SMILES string of the molecule is CCS(=O)(=O)NCc1sccc1C. The average Bonchev–Trinajstić information content (AvgIpc) is 2.48. The number of hydrogen-bond donors (Lipinski definition) is 1. The van der Waals surface area contributed by atoms with Crippen molar-refractivity contribution in [2.24, 2.45) is 0 Å². The highest BCUT2D eigenvalue weighted by Crippen LogP contribution is 2.14. The zero-order chi connectivity index (χ0) is 9.90. The lowest BCUT2D eigenvalue weighted by atomic mass is 10.3. The van der Waals surface area contributed by atoms with Crippen molar-refractivity contribution < 1.29 is 8.42 Å². The van der Waals surface area contributed by atoms with Crippen LogP contribution in [0.4, 0.5) is 0 Å². The zero-order valence-corrected chi connectivity index (χ0v) is 9.33. The van der Waals surface area contributed by atoms with Crippen molar-refractivity contribution in [1.29, 1.82) is 0 Å². The minimum atomic E-state index is -3.06. The van der Waals surface area contributed by atoms with E-state index in [1.807, 2.05) is 18.4 Å². The lowest BCUT2D eigenvalue weighted by Crippen LogP contribution is -2.24. The van der Waals surface area contributed by atoms with Gasteiger partial charge in [0.2, 0.25) is 10.0 Å². The summed E-state index contributed by atoms with van der Waals surface area (Å²) in [7, 11) is -3.06. The van der Waals surface area contributed by atoms with Gasteiger partial charge < -0.3 is 0 Å². The Hall–Kier alpha value is -0.390. The van der Waals surface area contributed by atoms with Gasteiger partial charge in [-0.25, -0.2) is 13.1 Å². The summed E-state index contributed by atoms with van der Waals surface area (Å²) in [6.07, 6.45) is 0. The Bertz CT molecular complexity index is 367. The summed E-state index contributed by atoms with van der Waals surface area (Å²) in [6.45, 7) is 4.02. The predicted octanol–water partition coefficient (Wildman–Crippen LogP) is 1.50. The molecule has 0 aliphatic carbocycles. The van der Waals surface area contributed by atoms with Crippen LogP contribution in [0.25, 0.3) is 0 Å². The highest BCUT2D eigenvalue weighted by Gasteiger charge is 2.07. The standard InChI is InChI=1S/C8H13NO2S2/c1-3-13(10,11)9-6-8-7(2)4-5-12-8/h4-5,9H,3,6H2,1-2H3. The second-order valence-corrected chi connectivity index (χ2v) is 5.85. The van der Waals surface area contributed by atoms with Crippen LogP contribution >= 0.6 is 11.3 Å². The molecule has 1 heterocycles. The van der Waals surface area contributed by atoms with E-state index in [2.05, 4.69) is 4.72 Å². The Morgan fingerprint density at radius 1 is 1.54 bits per heavy atom. The van der Waals surface area contributed by atoms with Crippen LogP contribution < -0.4 is 4.72 Å². The van der Waals surface area contributed by atoms with Crippen LogP contribution in [0.1, 0.15) is 17.4 Å². The topological polar surface area (TPSA) is 46.2 Å². The van der Waals surface area contributed by atoms with Gasteiger partial charge in [-0.05, 0) is 30.9 Å². The number of aryl methyl sites for hydroxylation is 1. The van der Waals surface area contributed by atoms with Gasteiger partial charge in [0, 0.05) is 11.4 Å². The Balaban J connectivity index is 2.58. The molecule has 0 fully saturated rings. The van der Waals surface area contributed by atoms with E-state index in [1.165, 1.54) is 0 Å². The first-order chi connectivity index (χ1) is 6.05. The molecule has 0 saturated carbocycles. The number of hydrogen-bond acceptors (Lipinski definition) is 3. The van der Waals surface area contributed by atoms with Crippen molar-refractivity contribution >= 4 is 21.4 Å². The van der Waals surface area contributed by atoms with Crippen LogP contribution in [0.3, 0.4) is 0 Å². The van der Waals surface area contributed by atoms with Crippen LogP contribution in [-0.2, 0) is 16.6 Å². The van der Waals surface area contributed by atoms with E-state index < -0.39 is 10.0 Å². The molecule has 1 aromatic rings. The highest BCUT2D eigenvalue weighted by atomic mass is 32.2. The average molecular weight is 219 g/mol. The molecule has 0 saturated heterocycles. The summed E-state index contributed by atoms with van der Waals surface area (Å²) >= 11 is 1.57. The summed E-state index contributed by atoms with van der Waals surface area (Å²) < 4.78 is 24.7. The third kappa shape index (κ3) is 3.10. The fraction of sp³-hybridized carbons (Fsp3) is 0.500. The van der Waals surface area contributed by atoms with Gasteiger partial charge in [-0.1, -0.05) is 0 Å². The van der Waals surface area contributed by atoms with E-state index in [0.717, 1.165) is 10.4 Å². The van der Waals surface area contributed by atoms with Crippen molar-refractivity contribution in [2.45, 2.75) is 20.4 Å². The van der Waals surface area contributed by atoms with Crippen molar-refractivity contribution in [3.8, 4) is 0 Å². The normalized spacial score (nSPS) is 11.8. The molecule has 74 valence electrons. The third-order valence-corrected chi connectivity index (χ3v) is 4.17. The second kappa shape index (κ2) is 4.21. The van der Waals surface area contributed by atoms with Crippen LogP contribution in [0.15, 0.2) is 11.4 Å². The maximum Gasteiger partial charge on any atom is 0.211 e. The molecule has 0 amide bonds. The van der Waals surface area contributed by atoms with Crippen LogP contribution in [0.5, 0.6) is 0 Å². The molecule has 0 atom stereocenters. The molecular formula is C8H13NO2S2. The van der Waals surface area contributed by atoms with Crippen molar-refractivity contribution in [2.75, 3.05) is 5.75 Å². The molecule has 0 unspecified atom stereocenters. The predicted molar refractivity (Wildman–Crippen MR) is 55.4 cm³/mol. The van der Waals surface area contributed by atoms with Gasteiger partial charge in [0.1, 0.15) is 0 Å². The number of nitrogens with one attached hydrogen (secondary N) is 1. The first kappa shape index (κ1) is 10.7. The Kier molecular flexibility index (Phi) is 3.47. The van der Waals surface area contributed by atoms with Gasteiger partial charge in [0.05, 0.1) is 5.75 Å². The zero-order valence-electron chi connectivity index (χ0n) is 7.70. The van der Waals surface area contributed by atoms with Crippen LogP contribution in [0.2, 0.25) is 0 Å². The molecule has 0 spiro atoms. The monoisotopic (exact) mass is 219 g/mol. The highest BCUT2D eigenvalue weighted by molar-refractivity contribution is 7.89. The Morgan fingerprint density at radius 2 is 2.23 bits per heavy atom. The molecule has 1 N–H and O–H groups in total. The summed E-state index contributed by atoms with van der Waals surface area (Å²) in [5.74, 6) is 0.136. The molecule has 1 aromatic heterocycles. The van der Waals surface area contributed by atoms with Gasteiger partial charge in [0.15, 0.2) is 0 Å². The van der Waals surface area contributed by atoms with Crippen molar-refractivity contribution in [1.82, 2.24) is 4.72 Å². The molecule has 1 rings (SSSR count). The van der Waals surface area contributed by atoms with Gasteiger partial charge in [-0.3, -0.25) is 0 Å². The summed E-state index contributed by atoms with van der Waals surface area (Å²) in [5, 5.41) is 1.96. The quantitative estimate of drug-likeness (QED) is 0.834. The Labute approximate surface area is 82.8 Å². The number of rotatable bonds is 4. The van der Waals surface area contributed by atoms with E-state index in [1.54, 1.807) is 18.3 Å². The smallest absolute Gasteiger partial charge is 0.211 e. The summed E-state index contributed by atoms with van der Waals surface area (Å²) in [5.41, 5.74) is 1.14. The van der Waals surface area contributed by atoms with Gasteiger partial charge >= 0.3 is 0 Å². The largest absolute Gasteiger partial charge is 0.212 e. The van der Waals surface area contributed by atoms with Gasteiger partial charge in [0.25, 0.3) is 0 Å². The minimum Gasteiger partial charge on any atom is -0.212 e. The van der Waals surface area contributed by atoms with Crippen LogP contribution in [0, 0.1) is 6.92 Å². The fourth-order valence-corrected chi connectivity index (χ4v) is 2.37. The maximum absolute atomic E-state index is 11.1. The lowest BCUT2D eigenvalue weighted by Gasteiger charge is -2.02. The van der Waals surface area contributed by atoms with E-state index in [9.17, 15) is 8.42 Å². The summed E-state index contributed by atoms with van der Waals surface area (Å²) in [6, 6.07) is 1.99. The lowest BCUT2D eigenvalue weighted by molar-refractivity contribution is 0.583. The molecule has 0 aliphatic rings. The maximum atomic E-state index is 11.1. The molecule has 0 bridgehead atoms. The molecule has 3 nitrogen and oxygen atoms in total. The van der Waals surface area contributed by atoms with Crippen molar-refractivity contribution in [3.63, 3.8) is 0 Å². The van der Waals surface area contributed by atoms with E-state index in [0.29, 0.717) is 6.54 Å². The molecule has 13 heavy (non-hydrogen) atoms. The Morgan fingerprint density at radius 3 is 2.69 bits per heavy atom. The first-order valence-electron chi connectivity index (χ1n) is 4.05. The molecule has 0 aliphatic heterocycles. The molecule has 0 radical (unpaired) electrons. The summed E-state index contributed by atoms with van der Waals surface area (Å²) in [4.78, 5) is 1.08. The fourth-order valence-electron chi connectivity index (χ4n) is 0.863. The first-order valence-corrected chi connectivity index (χ1v) is 6.58. The molecule has 5 heteroatoms. The van der Waals surface area contributed by atoms with Gasteiger partial charge in [-0.2, -0.15) is 0 Å². The second-order valence-electron chi connectivity index (χ2n) is 2.75. The molecular weight excluding hydrogens is 206 g/mol. The molecule has 0 aromatic carbocycles. The van der Waals surface area contributed by atoms with E-state index in [-0.39, 0.29) is 5.75 Å². The van der Waals surface area contributed by atoms with Gasteiger partial charge in [-0.15, -0.1) is 11.3 Å². The minimum absolute atomic E-state index is 0.136. The third-order valence-electron chi connectivity index (χ3n) is 1.80. The van der Waals surface area contributed by atoms with Crippen LogP contribution in [-0.4, -0.2) is 14.2 Å². The number of thiophene rings is 1. The van der Waals surface area contributed by atoms with E-state index >= 15 is 0 Å².